The summed E-state index contributed by atoms with van der Waals surface area (Å²) in [6.07, 6.45) is 60.4. The van der Waals surface area contributed by atoms with Crippen molar-refractivity contribution >= 4 is 39.5 Å². The molecule has 0 heterocycles. The molecule has 97 heavy (non-hydrogen) atoms. The van der Waals surface area contributed by atoms with Crippen molar-refractivity contribution in [3.05, 3.63) is 24.3 Å². The molecule has 0 saturated heterocycles. The van der Waals surface area contributed by atoms with Crippen molar-refractivity contribution in [2.75, 3.05) is 39.6 Å². The normalized spacial score (nSPS) is 14.7. The largest absolute Gasteiger partial charge is 0.472 e. The zero-order chi connectivity index (χ0) is 71.4. The molecule has 572 valence electrons. The van der Waals surface area contributed by atoms with Crippen LogP contribution in [-0.4, -0.2) is 96.7 Å². The van der Waals surface area contributed by atoms with Crippen molar-refractivity contribution < 1.29 is 80.2 Å². The molecule has 3 N–H and O–H groups in total. The minimum Gasteiger partial charge on any atom is -0.462 e. The van der Waals surface area contributed by atoms with Gasteiger partial charge < -0.3 is 33.8 Å². The van der Waals surface area contributed by atoms with E-state index < -0.39 is 97.5 Å². The van der Waals surface area contributed by atoms with Gasteiger partial charge in [-0.15, -0.1) is 0 Å². The van der Waals surface area contributed by atoms with Crippen LogP contribution in [0, 0.1) is 11.8 Å². The lowest BCUT2D eigenvalue weighted by Crippen LogP contribution is -2.30. The standard InChI is InChI=1S/C78H148O17P2/c1-7-11-13-15-17-19-21-23-25-26-27-29-31-33-38-42-50-56-62-77(82)94-73(66-88-75(80)60-54-48-41-37-32-30-28-24-22-20-18-16-14-12-8-2)68-92-96(84,85)90-64-72(79)65-91-97(86,87)93-69-74(67-89-76(81)61-55-49-45-44-47-53-59-71(6)10-4)95-78(83)63-57-51-43-39-35-34-36-40-46-52-58-70(5)9-3/h20,22,24,28,70-74,79H,7-19,21,23,25-27,29-69H2,1-6H3,(H,84,85)(H,86,87)/b22-20-,28-24-/t70?,71?,72-,73-,74-/m1/s1. The molecular formula is C78H148O17P2. The van der Waals surface area contributed by atoms with Crippen LogP contribution < -0.4 is 0 Å². The van der Waals surface area contributed by atoms with Crippen LogP contribution in [0.15, 0.2) is 24.3 Å². The number of aliphatic hydroxyl groups is 1. The molecule has 0 amide bonds. The molecule has 0 aliphatic heterocycles. The summed E-state index contributed by atoms with van der Waals surface area (Å²) in [5.74, 6) is -0.614. The molecule has 0 aromatic rings. The molecule has 19 heteroatoms. The van der Waals surface area contributed by atoms with Crippen molar-refractivity contribution in [2.24, 2.45) is 11.8 Å². The fourth-order valence-electron chi connectivity index (χ4n) is 11.4. The lowest BCUT2D eigenvalue weighted by atomic mass is 9.99. The highest BCUT2D eigenvalue weighted by molar-refractivity contribution is 7.47. The van der Waals surface area contributed by atoms with Crippen molar-refractivity contribution in [2.45, 2.75) is 400 Å². The average molecular weight is 1420 g/mol. The number of allylic oxidation sites excluding steroid dienone is 4. The van der Waals surface area contributed by atoms with E-state index in [1.54, 1.807) is 0 Å². The average Bonchev–Trinajstić information content (AvgIpc) is 1.03. The van der Waals surface area contributed by atoms with E-state index in [2.05, 4.69) is 65.8 Å². The SMILES string of the molecule is CCCCCC/C=C\C=C/CCCCCCCC(=O)OC[C@H](COP(=O)(O)OC[C@@H](O)COP(=O)(O)OC[C@@H](COC(=O)CCCCCCCCC(C)CC)OC(=O)CCCCCCCCCCCCC(C)CC)OC(=O)CCCCCCCCCCCCCCCCCCCC. The van der Waals surface area contributed by atoms with E-state index in [1.807, 2.05) is 0 Å². The van der Waals surface area contributed by atoms with Crippen LogP contribution in [0.5, 0.6) is 0 Å². The zero-order valence-corrected chi connectivity index (χ0v) is 64.7. The number of rotatable bonds is 75. The monoisotopic (exact) mass is 1420 g/mol. The van der Waals surface area contributed by atoms with Crippen LogP contribution in [0.25, 0.3) is 0 Å². The number of carbonyl (C=O) groups is 4. The molecule has 0 bridgehead atoms. The first kappa shape index (κ1) is 94.5. The molecule has 0 aromatic carbocycles. The number of phosphoric ester groups is 2. The Morgan fingerprint density at radius 3 is 0.876 bits per heavy atom. The molecule has 7 atom stereocenters. The minimum atomic E-state index is -4.97. The second-order valence-electron chi connectivity index (χ2n) is 27.9. The number of phosphoric acid groups is 2. The summed E-state index contributed by atoms with van der Waals surface area (Å²) in [6, 6.07) is 0. The number of aliphatic hydroxyl groups excluding tert-OH is 1. The van der Waals surface area contributed by atoms with Gasteiger partial charge in [0.2, 0.25) is 0 Å². The third kappa shape index (κ3) is 69.1. The Bertz CT molecular complexity index is 1970. The molecule has 0 radical (unpaired) electrons. The van der Waals surface area contributed by atoms with Gasteiger partial charge in [0.15, 0.2) is 12.2 Å². The second-order valence-corrected chi connectivity index (χ2v) is 30.8. The van der Waals surface area contributed by atoms with Gasteiger partial charge in [-0.05, 0) is 63.2 Å². The quantitative estimate of drug-likeness (QED) is 0.0169. The third-order valence-electron chi connectivity index (χ3n) is 18.3. The maximum atomic E-state index is 13.1. The molecule has 0 spiro atoms. The van der Waals surface area contributed by atoms with Gasteiger partial charge in [0.1, 0.15) is 19.3 Å². The molecular weight excluding hydrogens is 1270 g/mol. The topological polar surface area (TPSA) is 237 Å². The summed E-state index contributed by atoms with van der Waals surface area (Å²) in [6.45, 7) is 9.53. The summed E-state index contributed by atoms with van der Waals surface area (Å²) < 4.78 is 68.6. The summed E-state index contributed by atoms with van der Waals surface area (Å²) in [5, 5.41) is 10.6. The predicted octanol–water partition coefficient (Wildman–Crippen LogP) is 22.7. The van der Waals surface area contributed by atoms with E-state index >= 15 is 0 Å². The fourth-order valence-corrected chi connectivity index (χ4v) is 13.0. The van der Waals surface area contributed by atoms with E-state index in [-0.39, 0.29) is 25.7 Å². The number of esters is 4. The van der Waals surface area contributed by atoms with E-state index in [0.29, 0.717) is 25.7 Å². The molecule has 17 nitrogen and oxygen atoms in total. The van der Waals surface area contributed by atoms with Gasteiger partial charge in [-0.1, -0.05) is 329 Å². The maximum absolute atomic E-state index is 13.1. The molecule has 0 saturated carbocycles. The van der Waals surface area contributed by atoms with Crippen LogP contribution in [0.4, 0.5) is 0 Å². The molecule has 0 aromatic heterocycles. The summed E-state index contributed by atoms with van der Waals surface area (Å²) in [5.41, 5.74) is 0. The first-order valence-electron chi connectivity index (χ1n) is 39.9. The van der Waals surface area contributed by atoms with Crippen molar-refractivity contribution in [1.82, 2.24) is 0 Å². The van der Waals surface area contributed by atoms with E-state index in [9.17, 15) is 43.2 Å². The van der Waals surface area contributed by atoms with E-state index in [1.165, 1.54) is 173 Å². The molecule has 0 fully saturated rings. The lowest BCUT2D eigenvalue weighted by Gasteiger charge is -2.21. The highest BCUT2D eigenvalue weighted by Crippen LogP contribution is 2.45. The Morgan fingerprint density at radius 2 is 0.577 bits per heavy atom. The Balaban J connectivity index is 5.29. The molecule has 0 rings (SSSR count). The van der Waals surface area contributed by atoms with Crippen molar-refractivity contribution in [3.8, 4) is 0 Å². The minimum absolute atomic E-state index is 0.101. The van der Waals surface area contributed by atoms with E-state index in [4.69, 9.17) is 37.0 Å². The molecule has 0 aliphatic carbocycles. The van der Waals surface area contributed by atoms with Crippen LogP contribution in [0.2, 0.25) is 0 Å². The van der Waals surface area contributed by atoms with Gasteiger partial charge in [0, 0.05) is 25.7 Å². The van der Waals surface area contributed by atoms with Gasteiger partial charge >= 0.3 is 39.5 Å². The molecule has 4 unspecified atom stereocenters. The van der Waals surface area contributed by atoms with Crippen LogP contribution in [0.1, 0.15) is 382 Å². The van der Waals surface area contributed by atoms with Gasteiger partial charge in [-0.2, -0.15) is 0 Å². The van der Waals surface area contributed by atoms with Crippen LogP contribution >= 0.6 is 15.6 Å². The summed E-state index contributed by atoms with van der Waals surface area (Å²) in [7, 11) is -9.93. The zero-order valence-electron chi connectivity index (χ0n) is 62.9. The molecule has 0 aliphatic rings. The third-order valence-corrected chi connectivity index (χ3v) is 20.2. The van der Waals surface area contributed by atoms with E-state index in [0.717, 1.165) is 127 Å². The highest BCUT2D eigenvalue weighted by atomic mass is 31.2. The van der Waals surface area contributed by atoms with Gasteiger partial charge in [0.05, 0.1) is 26.4 Å². The van der Waals surface area contributed by atoms with Crippen LogP contribution in [-0.2, 0) is 65.4 Å². The predicted molar refractivity (Wildman–Crippen MR) is 395 cm³/mol. The first-order valence-corrected chi connectivity index (χ1v) is 42.9. The summed E-state index contributed by atoms with van der Waals surface area (Å²) in [4.78, 5) is 72.9. The van der Waals surface area contributed by atoms with Crippen LogP contribution in [0.3, 0.4) is 0 Å². The number of carbonyl (C=O) groups excluding carboxylic acids is 4. The summed E-state index contributed by atoms with van der Waals surface area (Å²) >= 11 is 0. The fraction of sp³-hybridized carbons (Fsp3) is 0.897. The van der Waals surface area contributed by atoms with Crippen molar-refractivity contribution in [1.29, 1.82) is 0 Å². The van der Waals surface area contributed by atoms with Gasteiger partial charge in [-0.3, -0.25) is 37.3 Å². The Hall–Kier alpha value is -2.46. The highest BCUT2D eigenvalue weighted by Gasteiger charge is 2.30. The number of hydrogen-bond acceptors (Lipinski definition) is 15. The number of hydrogen-bond donors (Lipinski definition) is 3. The number of ether oxygens (including phenoxy) is 4. The maximum Gasteiger partial charge on any atom is 0.472 e. The van der Waals surface area contributed by atoms with Gasteiger partial charge in [-0.25, -0.2) is 9.13 Å². The Kier molecular flexibility index (Phi) is 67.5. The smallest absolute Gasteiger partial charge is 0.462 e. The first-order chi connectivity index (χ1) is 46.9. The van der Waals surface area contributed by atoms with Gasteiger partial charge in [0.25, 0.3) is 0 Å². The Labute approximate surface area is 592 Å². The number of unbranched alkanes of at least 4 members (excludes halogenated alkanes) is 40. The van der Waals surface area contributed by atoms with Crippen molar-refractivity contribution in [3.63, 3.8) is 0 Å². The second kappa shape index (κ2) is 69.3. The lowest BCUT2D eigenvalue weighted by molar-refractivity contribution is -0.161. The Morgan fingerprint density at radius 1 is 0.330 bits per heavy atom.